The van der Waals surface area contributed by atoms with Crippen LogP contribution in [-0.4, -0.2) is 22.0 Å². The molecule has 0 radical (unpaired) electrons. The molecule has 0 bridgehead atoms. The number of benzene rings is 3. The number of halogens is 2. The zero-order valence-electron chi connectivity index (χ0n) is 17.4. The average Bonchev–Trinajstić information content (AvgIpc) is 3.05. The predicted molar refractivity (Wildman–Crippen MR) is 126 cm³/mol. The Morgan fingerprint density at radius 3 is 2.42 bits per heavy atom. The van der Waals surface area contributed by atoms with Gasteiger partial charge >= 0.3 is 5.97 Å². The van der Waals surface area contributed by atoms with Crippen molar-refractivity contribution in [1.82, 2.24) is 4.90 Å². The fourth-order valence-corrected chi connectivity index (χ4v) is 4.18. The molecule has 3 aromatic rings. The Hall–Kier alpha value is -3.42. The van der Waals surface area contributed by atoms with Gasteiger partial charge in [0.25, 0.3) is 11.1 Å². The Morgan fingerprint density at radius 1 is 1.06 bits per heavy atom. The molecule has 8 heteroatoms. The number of hydrogen-bond donors (Lipinski definition) is 0. The summed E-state index contributed by atoms with van der Waals surface area (Å²) in [6, 6.07) is 17.7. The molecule has 0 atom stereocenters. The third kappa shape index (κ3) is 5.16. The van der Waals surface area contributed by atoms with E-state index in [0.717, 1.165) is 22.2 Å². The number of thioether (sulfide) groups is 1. The highest BCUT2D eigenvalue weighted by Crippen LogP contribution is 2.34. The zero-order valence-corrected chi connectivity index (χ0v) is 19.0. The number of amides is 2. The van der Waals surface area contributed by atoms with E-state index in [1.54, 1.807) is 42.5 Å². The van der Waals surface area contributed by atoms with Gasteiger partial charge in [0, 0.05) is 10.6 Å². The SMILES string of the molecule is Cc1ccc(C(=O)Oc2ccc(/C=C3\SC(=O)N(Cc4c(F)cccc4Cl)C3=O)cc2)cc1. The van der Waals surface area contributed by atoms with Crippen molar-refractivity contribution in [3.8, 4) is 5.75 Å². The maximum atomic E-state index is 14.1. The Kier molecular flexibility index (Phi) is 6.62. The van der Waals surface area contributed by atoms with Crippen molar-refractivity contribution in [2.75, 3.05) is 0 Å². The van der Waals surface area contributed by atoms with Crippen LogP contribution in [-0.2, 0) is 11.3 Å². The number of esters is 1. The van der Waals surface area contributed by atoms with Crippen molar-refractivity contribution in [1.29, 1.82) is 0 Å². The first-order chi connectivity index (χ1) is 15.8. The number of hydrogen-bond acceptors (Lipinski definition) is 5. The quantitative estimate of drug-likeness (QED) is 0.245. The molecule has 5 nitrogen and oxygen atoms in total. The third-order valence-electron chi connectivity index (χ3n) is 4.93. The van der Waals surface area contributed by atoms with Crippen LogP contribution in [0.15, 0.2) is 71.6 Å². The van der Waals surface area contributed by atoms with Crippen LogP contribution in [0.3, 0.4) is 0 Å². The van der Waals surface area contributed by atoms with Crippen molar-refractivity contribution >= 4 is 46.6 Å². The third-order valence-corrected chi connectivity index (χ3v) is 6.19. The summed E-state index contributed by atoms with van der Waals surface area (Å²) >= 11 is 6.79. The zero-order chi connectivity index (χ0) is 23.5. The van der Waals surface area contributed by atoms with E-state index in [0.29, 0.717) is 16.9 Å². The van der Waals surface area contributed by atoms with Crippen molar-refractivity contribution in [2.24, 2.45) is 0 Å². The average molecular weight is 482 g/mol. The minimum atomic E-state index is -0.582. The Balaban J connectivity index is 1.45. The second-order valence-corrected chi connectivity index (χ2v) is 8.69. The second kappa shape index (κ2) is 9.60. The second-order valence-electron chi connectivity index (χ2n) is 7.29. The smallest absolute Gasteiger partial charge is 0.343 e. The molecule has 1 aliphatic heterocycles. The first-order valence-electron chi connectivity index (χ1n) is 9.89. The molecule has 0 N–H and O–H groups in total. The number of carbonyl (C=O) groups excluding carboxylic acids is 3. The van der Waals surface area contributed by atoms with E-state index in [4.69, 9.17) is 16.3 Å². The molecule has 1 aliphatic rings. The molecule has 33 heavy (non-hydrogen) atoms. The summed E-state index contributed by atoms with van der Waals surface area (Å²) in [7, 11) is 0. The van der Waals surface area contributed by atoms with E-state index in [-0.39, 0.29) is 22.0 Å². The van der Waals surface area contributed by atoms with E-state index >= 15 is 0 Å². The molecule has 0 aliphatic carbocycles. The van der Waals surface area contributed by atoms with Gasteiger partial charge in [0.2, 0.25) is 0 Å². The van der Waals surface area contributed by atoms with Gasteiger partial charge in [-0.05, 0) is 66.7 Å². The van der Waals surface area contributed by atoms with Crippen LogP contribution in [0.25, 0.3) is 6.08 Å². The number of nitrogens with zero attached hydrogens (tertiary/aromatic N) is 1. The fourth-order valence-electron chi connectivity index (χ4n) is 3.12. The first kappa shape index (κ1) is 22.8. The largest absolute Gasteiger partial charge is 0.423 e. The van der Waals surface area contributed by atoms with Gasteiger partial charge in [-0.25, -0.2) is 9.18 Å². The highest BCUT2D eigenvalue weighted by Gasteiger charge is 2.35. The number of carbonyl (C=O) groups is 3. The molecule has 166 valence electrons. The van der Waals surface area contributed by atoms with Gasteiger partial charge < -0.3 is 4.74 Å². The molecular weight excluding hydrogens is 465 g/mol. The predicted octanol–water partition coefficient (Wildman–Crippen LogP) is 6.24. The summed E-state index contributed by atoms with van der Waals surface area (Å²) in [4.78, 5) is 38.5. The van der Waals surface area contributed by atoms with Gasteiger partial charge in [-0.1, -0.05) is 47.5 Å². The Morgan fingerprint density at radius 2 is 1.76 bits per heavy atom. The lowest BCUT2D eigenvalue weighted by Gasteiger charge is -2.14. The van der Waals surface area contributed by atoms with Crippen LogP contribution in [0.5, 0.6) is 5.75 Å². The number of imide groups is 1. The summed E-state index contributed by atoms with van der Waals surface area (Å²) in [6.45, 7) is 1.68. The normalized spacial score (nSPS) is 14.8. The van der Waals surface area contributed by atoms with Gasteiger partial charge in [0.1, 0.15) is 11.6 Å². The maximum Gasteiger partial charge on any atom is 0.343 e. The van der Waals surface area contributed by atoms with Crippen molar-refractivity contribution in [3.63, 3.8) is 0 Å². The van der Waals surface area contributed by atoms with Gasteiger partial charge in [0.15, 0.2) is 0 Å². The van der Waals surface area contributed by atoms with Crippen molar-refractivity contribution in [2.45, 2.75) is 13.5 Å². The van der Waals surface area contributed by atoms with Crippen LogP contribution in [0.4, 0.5) is 9.18 Å². The summed E-state index contributed by atoms with van der Waals surface area (Å²) in [5.41, 5.74) is 2.20. The summed E-state index contributed by atoms with van der Waals surface area (Å²) in [5.74, 6) is -1.24. The molecule has 1 fully saturated rings. The molecule has 1 saturated heterocycles. The van der Waals surface area contributed by atoms with E-state index in [9.17, 15) is 18.8 Å². The molecule has 0 saturated carbocycles. The van der Waals surface area contributed by atoms with Crippen LogP contribution >= 0.6 is 23.4 Å². The lowest BCUT2D eigenvalue weighted by atomic mass is 10.1. The Labute approximate surface area is 198 Å². The van der Waals surface area contributed by atoms with Crippen LogP contribution in [0, 0.1) is 12.7 Å². The molecule has 1 heterocycles. The van der Waals surface area contributed by atoms with Gasteiger partial charge in [-0.2, -0.15) is 0 Å². The van der Waals surface area contributed by atoms with Gasteiger partial charge in [-0.15, -0.1) is 0 Å². The minimum Gasteiger partial charge on any atom is -0.423 e. The highest BCUT2D eigenvalue weighted by molar-refractivity contribution is 8.18. The lowest BCUT2D eigenvalue weighted by molar-refractivity contribution is -0.123. The van der Waals surface area contributed by atoms with E-state index in [1.165, 1.54) is 18.2 Å². The number of aryl methyl sites for hydroxylation is 1. The molecule has 0 aromatic heterocycles. The molecule has 3 aromatic carbocycles. The molecule has 0 spiro atoms. The van der Waals surface area contributed by atoms with E-state index in [2.05, 4.69) is 0 Å². The van der Waals surface area contributed by atoms with Crippen LogP contribution in [0.1, 0.15) is 27.0 Å². The number of ether oxygens (including phenoxy) is 1. The monoisotopic (exact) mass is 481 g/mol. The van der Waals surface area contributed by atoms with Crippen molar-refractivity contribution in [3.05, 3.63) is 105 Å². The lowest BCUT2D eigenvalue weighted by Crippen LogP contribution is -2.28. The Bertz CT molecular complexity index is 1250. The van der Waals surface area contributed by atoms with E-state index in [1.807, 2.05) is 19.1 Å². The van der Waals surface area contributed by atoms with Crippen LogP contribution < -0.4 is 4.74 Å². The molecule has 4 rings (SSSR count). The summed E-state index contributed by atoms with van der Waals surface area (Å²) < 4.78 is 19.4. The highest BCUT2D eigenvalue weighted by atomic mass is 35.5. The summed E-state index contributed by atoms with van der Waals surface area (Å²) in [6.07, 6.45) is 1.55. The van der Waals surface area contributed by atoms with Crippen molar-refractivity contribution < 1.29 is 23.5 Å². The summed E-state index contributed by atoms with van der Waals surface area (Å²) in [5, 5.41) is -0.358. The molecule has 2 amide bonds. The fraction of sp³-hybridized carbons (Fsp3) is 0.0800. The van der Waals surface area contributed by atoms with Gasteiger partial charge in [0.05, 0.1) is 17.0 Å². The standard InChI is InChI=1S/C25H17ClFNO4S/c1-15-5-9-17(10-6-15)24(30)32-18-11-7-16(8-12-18)13-22-23(29)28(25(31)33-22)14-19-20(26)3-2-4-21(19)27/h2-13H,14H2,1H3/b22-13-. The van der Waals surface area contributed by atoms with Crippen LogP contribution in [0.2, 0.25) is 5.02 Å². The maximum absolute atomic E-state index is 14.1. The van der Waals surface area contributed by atoms with Gasteiger partial charge in [-0.3, -0.25) is 14.5 Å². The molecule has 0 unspecified atom stereocenters. The first-order valence-corrected chi connectivity index (χ1v) is 11.1. The minimum absolute atomic E-state index is 0.0856. The number of rotatable bonds is 5. The van der Waals surface area contributed by atoms with E-state index < -0.39 is 22.9 Å². The molecular formula is C25H17ClFNO4S. The topological polar surface area (TPSA) is 63.7 Å².